The van der Waals surface area contributed by atoms with Crippen LogP contribution in [-0.2, 0) is 4.79 Å². The summed E-state index contributed by atoms with van der Waals surface area (Å²) in [5, 5.41) is 1.59. The molecule has 28 heavy (non-hydrogen) atoms. The average Bonchev–Trinajstić information content (AvgIpc) is 2.73. The van der Waals surface area contributed by atoms with Crippen molar-refractivity contribution in [1.82, 2.24) is 10.3 Å². The molecule has 0 radical (unpaired) electrons. The molecule has 6 nitrogen and oxygen atoms in total. The highest BCUT2D eigenvalue weighted by Gasteiger charge is 2.32. The topological polar surface area (TPSA) is 78.5 Å². The van der Waals surface area contributed by atoms with E-state index in [1.165, 1.54) is 4.90 Å². The van der Waals surface area contributed by atoms with Crippen LogP contribution in [0.5, 0.6) is 0 Å². The van der Waals surface area contributed by atoms with E-state index in [-0.39, 0.29) is 30.7 Å². The Labute approximate surface area is 162 Å². The zero-order chi connectivity index (χ0) is 19.5. The van der Waals surface area contributed by atoms with Crippen molar-refractivity contribution >= 4 is 34.2 Å². The van der Waals surface area contributed by atoms with Crippen molar-refractivity contribution in [3.63, 3.8) is 0 Å². The minimum Gasteiger partial charge on any atom is -0.299 e. The molecule has 0 aliphatic carbocycles. The van der Waals surface area contributed by atoms with Crippen molar-refractivity contribution in [2.75, 3.05) is 12.0 Å². The molecule has 0 aromatic heterocycles. The van der Waals surface area contributed by atoms with E-state index in [2.05, 4.69) is 10.9 Å². The molecule has 0 fully saturated rings. The zero-order valence-electron chi connectivity index (χ0n) is 15.1. The molecule has 2 N–H and O–H groups in total. The molecule has 6 heteroatoms. The Bertz CT molecular complexity index is 1010. The van der Waals surface area contributed by atoms with Crippen LogP contribution in [-0.4, -0.2) is 29.2 Å². The van der Waals surface area contributed by atoms with E-state index < -0.39 is 0 Å². The summed E-state index contributed by atoms with van der Waals surface area (Å²) < 4.78 is 0. The van der Waals surface area contributed by atoms with Crippen LogP contribution in [0, 0.1) is 0 Å². The van der Waals surface area contributed by atoms with Gasteiger partial charge in [0.05, 0.1) is 5.69 Å². The second kappa shape index (κ2) is 7.52. The van der Waals surface area contributed by atoms with E-state index >= 15 is 0 Å². The summed E-state index contributed by atoms with van der Waals surface area (Å²) in [6.45, 7) is 0.196. The molecule has 1 aliphatic rings. The second-order valence-corrected chi connectivity index (χ2v) is 6.61. The lowest BCUT2D eigenvalue weighted by atomic mass is 9.94. The normalized spacial score (nSPS) is 12.9. The van der Waals surface area contributed by atoms with Crippen molar-refractivity contribution in [2.24, 2.45) is 0 Å². The number of anilines is 1. The summed E-state index contributed by atoms with van der Waals surface area (Å²) >= 11 is 0. The number of carbonyl (C=O) groups is 3. The third kappa shape index (κ3) is 3.32. The molecule has 1 aliphatic heterocycles. The summed E-state index contributed by atoms with van der Waals surface area (Å²) in [4.78, 5) is 38.8. The quantitative estimate of drug-likeness (QED) is 0.513. The summed E-state index contributed by atoms with van der Waals surface area (Å²) in [6.07, 6.45) is 0.584. The Kier molecular flexibility index (Phi) is 4.76. The molecule has 4 rings (SSSR count). The highest BCUT2D eigenvalue weighted by Crippen LogP contribution is 2.29. The molecule has 0 spiro atoms. The molecule has 3 aromatic rings. The van der Waals surface area contributed by atoms with Gasteiger partial charge >= 0.3 is 0 Å². The summed E-state index contributed by atoms with van der Waals surface area (Å²) in [7, 11) is 0. The van der Waals surface area contributed by atoms with Gasteiger partial charge in [0.1, 0.15) is 0 Å². The minimum atomic E-state index is -0.308. The van der Waals surface area contributed by atoms with Crippen molar-refractivity contribution in [1.29, 1.82) is 0 Å². The van der Waals surface area contributed by atoms with Crippen molar-refractivity contribution in [3.8, 4) is 0 Å². The van der Waals surface area contributed by atoms with Crippen LogP contribution in [0.15, 0.2) is 66.7 Å². The molecular formula is C22H19N3O3. The Morgan fingerprint density at radius 1 is 0.821 bits per heavy atom. The van der Waals surface area contributed by atoms with Gasteiger partial charge in [0.2, 0.25) is 5.91 Å². The van der Waals surface area contributed by atoms with Gasteiger partial charge in [-0.3, -0.25) is 30.1 Å². The van der Waals surface area contributed by atoms with Crippen LogP contribution in [0.1, 0.15) is 33.6 Å². The summed E-state index contributed by atoms with van der Waals surface area (Å²) in [5.74, 6) is -0.822. The van der Waals surface area contributed by atoms with Gasteiger partial charge < -0.3 is 0 Å². The molecular weight excluding hydrogens is 354 g/mol. The van der Waals surface area contributed by atoms with Gasteiger partial charge in [-0.2, -0.15) is 0 Å². The number of hydrogen-bond donors (Lipinski definition) is 2. The van der Waals surface area contributed by atoms with Gasteiger partial charge in [-0.05, 0) is 36.1 Å². The SMILES string of the molecule is O=C(CCCN1C(=O)c2cccc3cccc(c23)C1=O)NNc1ccccc1. The first-order valence-electron chi connectivity index (χ1n) is 9.13. The highest BCUT2D eigenvalue weighted by molar-refractivity contribution is 6.25. The number of benzene rings is 3. The Morgan fingerprint density at radius 2 is 1.46 bits per heavy atom. The standard InChI is InChI=1S/C22H19N3O3/c26-19(24-23-16-9-2-1-3-10-16)13-6-14-25-21(27)17-11-4-7-15-8-5-12-18(20(15)17)22(25)28/h1-5,7-12,23H,6,13-14H2,(H,24,26). The third-order valence-corrected chi connectivity index (χ3v) is 4.76. The molecule has 3 aromatic carbocycles. The zero-order valence-corrected chi connectivity index (χ0v) is 15.1. The maximum absolute atomic E-state index is 12.8. The second-order valence-electron chi connectivity index (χ2n) is 6.61. The van der Waals surface area contributed by atoms with Crippen LogP contribution in [0.25, 0.3) is 10.8 Å². The minimum absolute atomic E-state index is 0.196. The van der Waals surface area contributed by atoms with Crippen LogP contribution >= 0.6 is 0 Å². The molecule has 0 atom stereocenters. The number of imide groups is 1. The van der Waals surface area contributed by atoms with Gasteiger partial charge in [0.15, 0.2) is 0 Å². The van der Waals surface area contributed by atoms with E-state index in [1.807, 2.05) is 54.6 Å². The summed E-state index contributed by atoms with van der Waals surface area (Å²) in [5.41, 5.74) is 7.28. The number of nitrogens with one attached hydrogen (secondary N) is 2. The molecule has 0 unspecified atom stereocenters. The predicted octanol–water partition coefficient (Wildman–Crippen LogP) is 3.36. The monoisotopic (exact) mass is 373 g/mol. The lowest BCUT2D eigenvalue weighted by molar-refractivity contribution is -0.120. The number of hydrazine groups is 1. The molecule has 0 saturated heterocycles. The fourth-order valence-electron chi connectivity index (χ4n) is 3.41. The number of nitrogens with zero attached hydrogens (tertiary/aromatic N) is 1. The van der Waals surface area contributed by atoms with E-state index in [0.29, 0.717) is 22.9 Å². The van der Waals surface area contributed by atoms with E-state index in [0.717, 1.165) is 11.1 Å². The molecule has 1 heterocycles. The lowest BCUT2D eigenvalue weighted by Gasteiger charge is -2.27. The predicted molar refractivity (Wildman–Crippen MR) is 107 cm³/mol. The van der Waals surface area contributed by atoms with Gasteiger partial charge in [0, 0.05) is 29.5 Å². The van der Waals surface area contributed by atoms with Gasteiger partial charge in [-0.25, -0.2) is 0 Å². The maximum atomic E-state index is 12.8. The smallest absolute Gasteiger partial charge is 0.261 e. The van der Waals surface area contributed by atoms with Crippen molar-refractivity contribution in [3.05, 3.63) is 77.9 Å². The third-order valence-electron chi connectivity index (χ3n) is 4.76. The average molecular weight is 373 g/mol. The molecule has 3 amide bonds. The van der Waals surface area contributed by atoms with E-state index in [4.69, 9.17) is 0 Å². The number of rotatable bonds is 6. The fraction of sp³-hybridized carbons (Fsp3) is 0.136. The van der Waals surface area contributed by atoms with Crippen molar-refractivity contribution < 1.29 is 14.4 Å². The number of carbonyl (C=O) groups excluding carboxylic acids is 3. The maximum Gasteiger partial charge on any atom is 0.261 e. The van der Waals surface area contributed by atoms with Gasteiger partial charge in [0.25, 0.3) is 11.8 Å². The number of para-hydroxylation sites is 1. The van der Waals surface area contributed by atoms with Crippen LogP contribution in [0.2, 0.25) is 0 Å². The van der Waals surface area contributed by atoms with Gasteiger partial charge in [-0.15, -0.1) is 0 Å². The Balaban J connectivity index is 1.39. The molecule has 0 bridgehead atoms. The first-order valence-corrected chi connectivity index (χ1v) is 9.13. The number of amides is 3. The fourth-order valence-corrected chi connectivity index (χ4v) is 3.41. The van der Waals surface area contributed by atoms with Crippen LogP contribution < -0.4 is 10.9 Å². The van der Waals surface area contributed by atoms with E-state index in [9.17, 15) is 14.4 Å². The largest absolute Gasteiger partial charge is 0.299 e. The first kappa shape index (κ1) is 17.7. The summed E-state index contributed by atoms with van der Waals surface area (Å²) in [6, 6.07) is 20.2. The lowest BCUT2D eigenvalue weighted by Crippen LogP contribution is -2.41. The van der Waals surface area contributed by atoms with Crippen molar-refractivity contribution in [2.45, 2.75) is 12.8 Å². The molecule has 0 saturated carbocycles. The molecule has 140 valence electrons. The first-order chi connectivity index (χ1) is 13.6. The van der Waals surface area contributed by atoms with Gasteiger partial charge in [-0.1, -0.05) is 42.5 Å². The number of hydrogen-bond acceptors (Lipinski definition) is 4. The van der Waals surface area contributed by atoms with Crippen LogP contribution in [0.3, 0.4) is 0 Å². The Morgan fingerprint density at radius 3 is 2.11 bits per heavy atom. The van der Waals surface area contributed by atoms with E-state index in [1.54, 1.807) is 12.1 Å². The highest BCUT2D eigenvalue weighted by atomic mass is 16.2. The van der Waals surface area contributed by atoms with Crippen LogP contribution in [0.4, 0.5) is 5.69 Å². The Hall–Kier alpha value is -3.67.